The topological polar surface area (TPSA) is 28.2 Å². The van der Waals surface area contributed by atoms with E-state index in [0.29, 0.717) is 12.1 Å². The molecule has 1 aliphatic rings. The molecular formula is C14H23N3. The third-order valence-electron chi connectivity index (χ3n) is 3.25. The van der Waals surface area contributed by atoms with Crippen molar-refractivity contribution in [1.29, 1.82) is 0 Å². The summed E-state index contributed by atoms with van der Waals surface area (Å²) in [4.78, 5) is 6.90. The van der Waals surface area contributed by atoms with Gasteiger partial charge >= 0.3 is 0 Å². The molecule has 0 bridgehead atoms. The zero-order chi connectivity index (χ0) is 12.1. The highest BCUT2D eigenvalue weighted by molar-refractivity contribution is 5.04. The molecule has 1 atom stereocenters. The van der Waals surface area contributed by atoms with Gasteiger partial charge in [-0.3, -0.25) is 4.98 Å². The van der Waals surface area contributed by atoms with E-state index in [2.05, 4.69) is 41.2 Å². The lowest BCUT2D eigenvalue weighted by Crippen LogP contribution is -2.37. The molecule has 1 N–H and O–H groups in total. The van der Waals surface area contributed by atoms with E-state index in [0.717, 1.165) is 13.0 Å². The highest BCUT2D eigenvalue weighted by Gasteiger charge is 2.22. The van der Waals surface area contributed by atoms with Gasteiger partial charge in [-0.15, -0.1) is 0 Å². The summed E-state index contributed by atoms with van der Waals surface area (Å²) >= 11 is 0. The van der Waals surface area contributed by atoms with Crippen LogP contribution in [0, 0.1) is 0 Å². The number of hydrogen-bond donors (Lipinski definition) is 1. The normalized spacial score (nSPS) is 21.2. The average molecular weight is 233 g/mol. The van der Waals surface area contributed by atoms with Crippen molar-refractivity contribution in [3.8, 4) is 0 Å². The summed E-state index contributed by atoms with van der Waals surface area (Å²) in [7, 11) is 0. The maximum atomic E-state index is 4.36. The quantitative estimate of drug-likeness (QED) is 0.839. The molecule has 3 nitrogen and oxygen atoms in total. The molecule has 1 saturated heterocycles. The van der Waals surface area contributed by atoms with Gasteiger partial charge in [0.05, 0.1) is 0 Å². The van der Waals surface area contributed by atoms with Crippen LogP contribution in [0.1, 0.15) is 26.0 Å². The van der Waals surface area contributed by atoms with E-state index in [1.165, 1.54) is 25.2 Å². The second-order valence-corrected chi connectivity index (χ2v) is 5.18. The Hall–Kier alpha value is -0.930. The first kappa shape index (κ1) is 12.5. The van der Waals surface area contributed by atoms with Crippen molar-refractivity contribution in [2.45, 2.75) is 38.8 Å². The molecule has 1 aromatic rings. The van der Waals surface area contributed by atoms with Gasteiger partial charge in [0.25, 0.3) is 0 Å². The third kappa shape index (κ3) is 4.10. The molecule has 0 amide bonds. The first-order chi connectivity index (χ1) is 8.24. The van der Waals surface area contributed by atoms with Crippen molar-refractivity contribution < 1.29 is 0 Å². The predicted octanol–water partition coefficient (Wildman–Crippen LogP) is 1.70. The maximum Gasteiger partial charge on any atom is 0.0416 e. The van der Waals surface area contributed by atoms with Crippen LogP contribution < -0.4 is 5.32 Å². The Morgan fingerprint density at radius 2 is 2.35 bits per heavy atom. The fraction of sp³-hybridized carbons (Fsp3) is 0.643. The minimum absolute atomic E-state index is 0.593. The van der Waals surface area contributed by atoms with Crippen molar-refractivity contribution in [2.24, 2.45) is 0 Å². The minimum Gasteiger partial charge on any atom is -0.310 e. The monoisotopic (exact) mass is 233 g/mol. The van der Waals surface area contributed by atoms with Gasteiger partial charge < -0.3 is 10.2 Å². The van der Waals surface area contributed by atoms with Crippen molar-refractivity contribution >= 4 is 0 Å². The maximum absolute atomic E-state index is 4.36. The Labute approximate surface area is 104 Å². The van der Waals surface area contributed by atoms with Gasteiger partial charge in [0.1, 0.15) is 0 Å². The third-order valence-corrected chi connectivity index (χ3v) is 3.25. The van der Waals surface area contributed by atoms with E-state index >= 15 is 0 Å². The smallest absolute Gasteiger partial charge is 0.0416 e. The molecule has 1 unspecified atom stereocenters. The number of aromatic nitrogens is 1. The summed E-state index contributed by atoms with van der Waals surface area (Å²) in [5, 5.41) is 3.61. The predicted molar refractivity (Wildman–Crippen MR) is 71.1 cm³/mol. The van der Waals surface area contributed by atoms with Crippen molar-refractivity contribution in [3.05, 3.63) is 30.1 Å². The van der Waals surface area contributed by atoms with Crippen molar-refractivity contribution in [2.75, 3.05) is 19.6 Å². The summed E-state index contributed by atoms with van der Waals surface area (Å²) in [6.07, 6.45) is 4.22. The molecule has 1 aliphatic heterocycles. The molecule has 2 heterocycles. The van der Waals surface area contributed by atoms with Crippen LogP contribution in [0.5, 0.6) is 0 Å². The van der Waals surface area contributed by atoms with Crippen LogP contribution in [0.4, 0.5) is 0 Å². The van der Waals surface area contributed by atoms with Gasteiger partial charge in [0.15, 0.2) is 0 Å². The van der Waals surface area contributed by atoms with Gasteiger partial charge in [-0.05, 0) is 25.1 Å². The molecule has 2 rings (SSSR count). The van der Waals surface area contributed by atoms with Crippen LogP contribution >= 0.6 is 0 Å². The first-order valence-corrected chi connectivity index (χ1v) is 6.62. The van der Waals surface area contributed by atoms with E-state index in [1.54, 1.807) is 0 Å². The summed E-state index contributed by atoms with van der Waals surface area (Å²) in [5.74, 6) is 0. The average Bonchev–Trinajstić information content (AvgIpc) is 2.75. The number of nitrogens with one attached hydrogen (secondary N) is 1. The Bertz CT molecular complexity index is 323. The molecule has 0 radical (unpaired) electrons. The molecule has 1 aromatic heterocycles. The fourth-order valence-electron chi connectivity index (χ4n) is 2.46. The van der Waals surface area contributed by atoms with E-state index in [1.807, 2.05) is 12.3 Å². The molecule has 3 heteroatoms. The van der Waals surface area contributed by atoms with Gasteiger partial charge in [-0.2, -0.15) is 0 Å². The van der Waals surface area contributed by atoms with E-state index in [-0.39, 0.29) is 0 Å². The van der Waals surface area contributed by atoms with Gasteiger partial charge in [-0.25, -0.2) is 0 Å². The van der Waals surface area contributed by atoms with Gasteiger partial charge in [-0.1, -0.05) is 19.9 Å². The second-order valence-electron chi connectivity index (χ2n) is 5.18. The van der Waals surface area contributed by atoms with E-state index in [9.17, 15) is 0 Å². The lowest BCUT2D eigenvalue weighted by Gasteiger charge is -2.18. The van der Waals surface area contributed by atoms with Gasteiger partial charge in [0.2, 0.25) is 0 Å². The van der Waals surface area contributed by atoms with E-state index in [4.69, 9.17) is 0 Å². The summed E-state index contributed by atoms with van der Waals surface area (Å²) in [6, 6.07) is 7.42. The number of pyridine rings is 1. The second kappa shape index (κ2) is 6.12. The van der Waals surface area contributed by atoms with E-state index < -0.39 is 0 Å². The highest BCUT2D eigenvalue weighted by atomic mass is 15.2. The zero-order valence-electron chi connectivity index (χ0n) is 10.9. The van der Waals surface area contributed by atoms with Crippen LogP contribution in [0.3, 0.4) is 0 Å². The number of hydrogen-bond acceptors (Lipinski definition) is 3. The van der Waals surface area contributed by atoms with Gasteiger partial charge in [0, 0.05) is 43.5 Å². The molecule has 0 saturated carbocycles. The highest BCUT2D eigenvalue weighted by Crippen LogP contribution is 2.10. The molecule has 0 aliphatic carbocycles. The molecule has 17 heavy (non-hydrogen) atoms. The summed E-state index contributed by atoms with van der Waals surface area (Å²) < 4.78 is 0. The Kier molecular flexibility index (Phi) is 4.51. The Morgan fingerprint density at radius 1 is 1.47 bits per heavy atom. The Balaban J connectivity index is 1.71. The lowest BCUT2D eigenvalue weighted by atomic mass is 10.2. The molecular weight excluding hydrogens is 210 g/mol. The van der Waals surface area contributed by atoms with Crippen LogP contribution in [-0.4, -0.2) is 41.6 Å². The largest absolute Gasteiger partial charge is 0.310 e. The fourth-order valence-corrected chi connectivity index (χ4v) is 2.46. The zero-order valence-corrected chi connectivity index (χ0v) is 10.9. The van der Waals surface area contributed by atoms with Crippen LogP contribution in [-0.2, 0) is 6.42 Å². The molecule has 0 aromatic carbocycles. The van der Waals surface area contributed by atoms with Crippen LogP contribution in [0.25, 0.3) is 0 Å². The van der Waals surface area contributed by atoms with Crippen molar-refractivity contribution in [1.82, 2.24) is 15.2 Å². The SMILES string of the molecule is CC(C)NC1CCN(CCc2ccccn2)C1. The Morgan fingerprint density at radius 3 is 3.06 bits per heavy atom. The van der Waals surface area contributed by atoms with Crippen LogP contribution in [0.15, 0.2) is 24.4 Å². The number of rotatable bonds is 5. The first-order valence-electron chi connectivity index (χ1n) is 6.62. The number of likely N-dealkylation sites (tertiary alicyclic amines) is 1. The van der Waals surface area contributed by atoms with Crippen molar-refractivity contribution in [3.63, 3.8) is 0 Å². The molecule has 1 fully saturated rings. The molecule has 94 valence electrons. The van der Waals surface area contributed by atoms with Crippen LogP contribution in [0.2, 0.25) is 0 Å². The minimum atomic E-state index is 0.593. The lowest BCUT2D eigenvalue weighted by molar-refractivity contribution is 0.327. The standard InChI is InChI=1S/C14H23N3/c1-12(2)16-14-7-10-17(11-14)9-6-13-5-3-4-8-15-13/h3-5,8,12,14,16H,6-7,9-11H2,1-2H3. The number of nitrogens with zero attached hydrogens (tertiary/aromatic N) is 2. The molecule has 0 spiro atoms. The summed E-state index contributed by atoms with van der Waals surface area (Å²) in [5.41, 5.74) is 1.20. The summed E-state index contributed by atoms with van der Waals surface area (Å²) in [6.45, 7) is 7.97.